The Morgan fingerprint density at radius 3 is 2.23 bits per heavy atom. The van der Waals surface area contributed by atoms with E-state index in [2.05, 4.69) is 74.4 Å². The molecule has 0 N–H and O–H groups in total. The largest absolute Gasteiger partial charge is 0.377 e. The molecular formula is C30H52ClN3O. The van der Waals surface area contributed by atoms with Crippen LogP contribution in [0.25, 0.3) is 0 Å². The van der Waals surface area contributed by atoms with E-state index >= 15 is 0 Å². The van der Waals surface area contributed by atoms with Crippen LogP contribution in [0.5, 0.6) is 0 Å². The van der Waals surface area contributed by atoms with Gasteiger partial charge in [-0.2, -0.15) is 0 Å². The van der Waals surface area contributed by atoms with Crippen LogP contribution in [0.2, 0.25) is 0 Å². The van der Waals surface area contributed by atoms with E-state index < -0.39 is 0 Å². The molecule has 2 aliphatic heterocycles. The number of piperazine rings is 1. The van der Waals surface area contributed by atoms with Gasteiger partial charge in [-0.25, -0.2) is 0 Å². The van der Waals surface area contributed by atoms with Crippen molar-refractivity contribution in [1.82, 2.24) is 4.90 Å². The number of hydrogen-bond donors (Lipinski definition) is 0. The molecule has 1 saturated carbocycles. The van der Waals surface area contributed by atoms with Crippen LogP contribution in [0.15, 0.2) is 18.2 Å². The number of nitrogens with zero attached hydrogens (tertiary/aromatic N) is 3. The quantitative estimate of drug-likeness (QED) is 0.379. The Morgan fingerprint density at radius 1 is 0.914 bits per heavy atom. The molecule has 0 radical (unpaired) electrons. The second-order valence-corrected chi connectivity index (χ2v) is 12.8. The molecule has 200 valence electrons. The molecule has 0 unspecified atom stereocenters. The summed E-state index contributed by atoms with van der Waals surface area (Å²) < 4.78 is 5.96. The molecule has 0 bridgehead atoms. The summed E-state index contributed by atoms with van der Waals surface area (Å²) in [5.41, 5.74) is 5.32. The summed E-state index contributed by atoms with van der Waals surface area (Å²) in [6, 6.07) is 7.44. The number of anilines is 2. The lowest BCUT2D eigenvalue weighted by Gasteiger charge is -2.46. The molecule has 1 aliphatic carbocycles. The monoisotopic (exact) mass is 505 g/mol. The zero-order chi connectivity index (χ0) is 24.3. The Bertz CT molecular complexity index is 787. The standard InChI is InChI=1S/C30H51N3O.ClH/c1-7-9-13-31-15-17-32(18-16-31)28-11-10-25(33-14-12-26(22-33)34-8-2)19-27(28)24-20-29(3,4)23-30(5,6)21-24;/h10-11,19,24,26H,7-9,12-18,20-23H2,1-6H3;1H/t26-;/m1./s1. The maximum absolute atomic E-state index is 5.96. The van der Waals surface area contributed by atoms with E-state index in [0.717, 1.165) is 39.2 Å². The fraction of sp³-hybridized carbons (Fsp3) is 0.800. The van der Waals surface area contributed by atoms with E-state index in [1.54, 1.807) is 5.56 Å². The summed E-state index contributed by atoms with van der Waals surface area (Å²) in [6.45, 7) is 23.3. The molecule has 0 spiro atoms. The average molecular weight is 506 g/mol. The minimum absolute atomic E-state index is 0. The molecule has 3 fully saturated rings. The first kappa shape index (κ1) is 28.6. The highest BCUT2D eigenvalue weighted by atomic mass is 35.5. The third-order valence-electron chi connectivity index (χ3n) is 8.46. The number of ether oxygens (including phenoxy) is 1. The average Bonchev–Trinajstić information content (AvgIpc) is 3.24. The molecule has 4 nitrogen and oxygen atoms in total. The normalized spacial score (nSPS) is 25.0. The minimum atomic E-state index is 0. The van der Waals surface area contributed by atoms with Crippen molar-refractivity contribution < 1.29 is 4.74 Å². The van der Waals surface area contributed by atoms with Gasteiger partial charge >= 0.3 is 0 Å². The fourth-order valence-corrected chi connectivity index (χ4v) is 7.35. The van der Waals surface area contributed by atoms with Crippen LogP contribution in [-0.4, -0.2) is 63.4 Å². The van der Waals surface area contributed by atoms with Crippen LogP contribution in [0.1, 0.15) is 91.5 Å². The van der Waals surface area contributed by atoms with Gasteiger partial charge in [-0.1, -0.05) is 41.0 Å². The number of hydrogen-bond acceptors (Lipinski definition) is 4. The molecule has 0 amide bonds. The lowest BCUT2D eigenvalue weighted by atomic mass is 9.60. The zero-order valence-corrected chi connectivity index (χ0v) is 24.3. The zero-order valence-electron chi connectivity index (χ0n) is 23.4. The molecule has 1 atom stereocenters. The molecule has 1 aromatic rings. The van der Waals surface area contributed by atoms with E-state index in [-0.39, 0.29) is 12.4 Å². The van der Waals surface area contributed by atoms with Crippen molar-refractivity contribution in [2.75, 3.05) is 62.2 Å². The summed E-state index contributed by atoms with van der Waals surface area (Å²) in [6.07, 6.45) is 8.06. The van der Waals surface area contributed by atoms with Crippen molar-refractivity contribution in [2.45, 2.75) is 92.1 Å². The first-order valence-electron chi connectivity index (χ1n) is 14.2. The second kappa shape index (κ2) is 12.0. The Labute approximate surface area is 222 Å². The first-order valence-corrected chi connectivity index (χ1v) is 14.2. The van der Waals surface area contributed by atoms with E-state index in [0.29, 0.717) is 22.9 Å². The van der Waals surface area contributed by atoms with Gasteiger partial charge in [-0.3, -0.25) is 4.90 Å². The third-order valence-corrected chi connectivity index (χ3v) is 8.46. The molecule has 35 heavy (non-hydrogen) atoms. The van der Waals surface area contributed by atoms with Gasteiger partial charge in [-0.05, 0) is 86.1 Å². The molecule has 2 heterocycles. The summed E-state index contributed by atoms with van der Waals surface area (Å²) in [4.78, 5) is 7.93. The van der Waals surface area contributed by atoms with Gasteiger partial charge in [0.2, 0.25) is 0 Å². The topological polar surface area (TPSA) is 19.0 Å². The predicted molar refractivity (Wildman–Crippen MR) is 154 cm³/mol. The molecule has 1 aromatic carbocycles. The van der Waals surface area contributed by atoms with E-state index in [1.807, 2.05) is 0 Å². The number of unbranched alkanes of at least 4 members (excludes halogenated alkanes) is 1. The molecule has 4 rings (SSSR count). The van der Waals surface area contributed by atoms with Gasteiger partial charge < -0.3 is 14.5 Å². The van der Waals surface area contributed by atoms with Crippen molar-refractivity contribution in [3.63, 3.8) is 0 Å². The van der Waals surface area contributed by atoms with Gasteiger partial charge in [0, 0.05) is 57.3 Å². The first-order chi connectivity index (χ1) is 16.2. The highest BCUT2D eigenvalue weighted by Gasteiger charge is 2.40. The van der Waals surface area contributed by atoms with E-state index in [4.69, 9.17) is 4.74 Å². The van der Waals surface area contributed by atoms with Crippen LogP contribution in [0.3, 0.4) is 0 Å². The molecular weight excluding hydrogens is 454 g/mol. The lowest BCUT2D eigenvalue weighted by molar-refractivity contribution is 0.0787. The van der Waals surface area contributed by atoms with Crippen molar-refractivity contribution >= 4 is 23.8 Å². The summed E-state index contributed by atoms with van der Waals surface area (Å²) in [7, 11) is 0. The van der Waals surface area contributed by atoms with E-state index in [9.17, 15) is 0 Å². The van der Waals surface area contributed by atoms with Crippen LogP contribution in [-0.2, 0) is 4.74 Å². The van der Waals surface area contributed by atoms with Gasteiger partial charge in [0.25, 0.3) is 0 Å². The predicted octanol–water partition coefficient (Wildman–Crippen LogP) is 6.97. The SMILES string of the molecule is CCCCN1CCN(c2ccc(N3CC[C@@H](OCC)C3)cc2C2CC(C)(C)CC(C)(C)C2)CC1.Cl. The van der Waals surface area contributed by atoms with Crippen LogP contribution in [0.4, 0.5) is 11.4 Å². The lowest BCUT2D eigenvalue weighted by Crippen LogP contribution is -2.47. The van der Waals surface area contributed by atoms with Crippen LogP contribution >= 0.6 is 12.4 Å². The molecule has 0 aromatic heterocycles. The van der Waals surface area contributed by atoms with Crippen LogP contribution < -0.4 is 9.80 Å². The van der Waals surface area contributed by atoms with Crippen molar-refractivity contribution in [3.05, 3.63) is 23.8 Å². The Hall–Kier alpha value is -0.970. The maximum atomic E-state index is 5.96. The third kappa shape index (κ3) is 7.29. The summed E-state index contributed by atoms with van der Waals surface area (Å²) in [5.74, 6) is 0.636. The Kier molecular flexibility index (Phi) is 9.85. The second-order valence-electron chi connectivity index (χ2n) is 12.8. The van der Waals surface area contributed by atoms with Gasteiger partial charge in [0.1, 0.15) is 0 Å². The smallest absolute Gasteiger partial charge is 0.0766 e. The minimum Gasteiger partial charge on any atom is -0.377 e. The number of rotatable bonds is 8. The van der Waals surface area contributed by atoms with Gasteiger partial charge in [0.05, 0.1) is 6.10 Å². The van der Waals surface area contributed by atoms with Crippen molar-refractivity contribution in [2.24, 2.45) is 10.8 Å². The number of halogens is 1. The number of benzene rings is 1. The summed E-state index contributed by atoms with van der Waals surface area (Å²) in [5, 5.41) is 0. The van der Waals surface area contributed by atoms with E-state index in [1.165, 1.54) is 63.1 Å². The highest BCUT2D eigenvalue weighted by Crippen LogP contribution is 2.53. The van der Waals surface area contributed by atoms with Crippen molar-refractivity contribution in [3.8, 4) is 0 Å². The molecule has 5 heteroatoms. The Morgan fingerprint density at radius 2 is 1.60 bits per heavy atom. The van der Waals surface area contributed by atoms with Crippen molar-refractivity contribution in [1.29, 1.82) is 0 Å². The highest BCUT2D eigenvalue weighted by molar-refractivity contribution is 5.85. The van der Waals surface area contributed by atoms with Gasteiger partial charge in [0.15, 0.2) is 0 Å². The maximum Gasteiger partial charge on any atom is 0.0766 e. The van der Waals surface area contributed by atoms with Gasteiger partial charge in [-0.15, -0.1) is 12.4 Å². The molecule has 3 aliphatic rings. The molecule has 2 saturated heterocycles. The Balaban J connectivity index is 0.00000342. The summed E-state index contributed by atoms with van der Waals surface area (Å²) >= 11 is 0. The van der Waals surface area contributed by atoms with Crippen LogP contribution in [0, 0.1) is 10.8 Å². The fourth-order valence-electron chi connectivity index (χ4n) is 7.35.